The number of amides is 1. The Morgan fingerprint density at radius 3 is 2.85 bits per heavy atom. The number of rotatable bonds is 2. The van der Waals surface area contributed by atoms with E-state index < -0.39 is 4.92 Å². The largest absolute Gasteiger partial charge is 0.393 e. The van der Waals surface area contributed by atoms with Gasteiger partial charge in [0.1, 0.15) is 5.69 Å². The van der Waals surface area contributed by atoms with Crippen LogP contribution in [-0.4, -0.2) is 41.4 Å². The molecule has 0 aliphatic carbocycles. The molecular formula is C12H17ClN4O3. The van der Waals surface area contributed by atoms with Gasteiger partial charge in [-0.15, -0.1) is 12.4 Å². The molecule has 0 aromatic heterocycles. The van der Waals surface area contributed by atoms with Crippen LogP contribution in [0.15, 0.2) is 18.2 Å². The third-order valence-electron chi connectivity index (χ3n) is 3.27. The summed E-state index contributed by atoms with van der Waals surface area (Å²) in [7, 11) is 0. The first kappa shape index (κ1) is 16.2. The van der Waals surface area contributed by atoms with Crippen molar-refractivity contribution in [1.29, 1.82) is 0 Å². The minimum absolute atomic E-state index is 0. The Labute approximate surface area is 122 Å². The number of para-hydroxylation sites is 1. The summed E-state index contributed by atoms with van der Waals surface area (Å²) in [5.41, 5.74) is 5.64. The zero-order valence-electron chi connectivity index (χ0n) is 11.0. The lowest BCUT2D eigenvalue weighted by Crippen LogP contribution is -2.52. The van der Waals surface area contributed by atoms with E-state index in [0.717, 1.165) is 0 Å². The first-order chi connectivity index (χ1) is 9.02. The SMILES string of the molecule is CC1CNCCN1C(=O)c1cccc([N+](=O)[O-])c1N.Cl. The second-order valence-corrected chi connectivity index (χ2v) is 4.55. The molecule has 8 heteroatoms. The van der Waals surface area contributed by atoms with Crippen molar-refractivity contribution < 1.29 is 9.72 Å². The molecule has 0 saturated carbocycles. The van der Waals surface area contributed by atoms with E-state index in [1.807, 2.05) is 6.92 Å². The van der Waals surface area contributed by atoms with Gasteiger partial charge in [-0.2, -0.15) is 0 Å². The van der Waals surface area contributed by atoms with Gasteiger partial charge in [0, 0.05) is 31.7 Å². The molecule has 1 aliphatic heterocycles. The lowest BCUT2D eigenvalue weighted by Gasteiger charge is -2.34. The summed E-state index contributed by atoms with van der Waals surface area (Å²) in [4.78, 5) is 24.3. The number of hydrogen-bond donors (Lipinski definition) is 2. The van der Waals surface area contributed by atoms with E-state index in [1.165, 1.54) is 18.2 Å². The molecule has 1 saturated heterocycles. The zero-order chi connectivity index (χ0) is 14.0. The predicted molar refractivity (Wildman–Crippen MR) is 78.1 cm³/mol. The monoisotopic (exact) mass is 300 g/mol. The topological polar surface area (TPSA) is 102 Å². The molecule has 1 aromatic carbocycles. The summed E-state index contributed by atoms with van der Waals surface area (Å²) in [5, 5.41) is 14.0. The Hall–Kier alpha value is -1.86. The normalized spacial score (nSPS) is 18.2. The molecule has 1 aromatic rings. The minimum atomic E-state index is -0.576. The van der Waals surface area contributed by atoms with Crippen molar-refractivity contribution in [3.8, 4) is 0 Å². The van der Waals surface area contributed by atoms with Gasteiger partial charge in [-0.1, -0.05) is 6.07 Å². The van der Waals surface area contributed by atoms with Gasteiger partial charge in [0.05, 0.1) is 10.5 Å². The number of nitrogens with one attached hydrogen (secondary N) is 1. The van der Waals surface area contributed by atoms with Gasteiger partial charge in [0.25, 0.3) is 11.6 Å². The molecule has 0 radical (unpaired) electrons. The number of nitrogens with two attached hydrogens (primary N) is 1. The van der Waals surface area contributed by atoms with Crippen molar-refractivity contribution in [3.05, 3.63) is 33.9 Å². The Morgan fingerprint density at radius 2 is 2.25 bits per heavy atom. The van der Waals surface area contributed by atoms with Crippen molar-refractivity contribution in [3.63, 3.8) is 0 Å². The molecule has 0 spiro atoms. The van der Waals surface area contributed by atoms with Gasteiger partial charge in [-0.3, -0.25) is 14.9 Å². The molecule has 2 rings (SSSR count). The number of piperazine rings is 1. The standard InChI is InChI=1S/C12H16N4O3.ClH/c1-8-7-14-5-6-15(8)12(17)9-3-2-4-10(11(9)13)16(18)19;/h2-4,8,14H,5-7,13H2,1H3;1H. The van der Waals surface area contributed by atoms with Gasteiger partial charge in [0.15, 0.2) is 0 Å². The van der Waals surface area contributed by atoms with E-state index in [-0.39, 0.29) is 41.3 Å². The lowest BCUT2D eigenvalue weighted by atomic mass is 10.1. The second kappa shape index (κ2) is 6.53. The molecule has 7 nitrogen and oxygen atoms in total. The number of halogens is 1. The van der Waals surface area contributed by atoms with Crippen LogP contribution in [0.2, 0.25) is 0 Å². The number of nitrogens with zero attached hydrogens (tertiary/aromatic N) is 2. The molecule has 110 valence electrons. The van der Waals surface area contributed by atoms with Gasteiger partial charge < -0.3 is 16.0 Å². The number of benzene rings is 1. The highest BCUT2D eigenvalue weighted by Gasteiger charge is 2.27. The van der Waals surface area contributed by atoms with Crippen LogP contribution in [0.25, 0.3) is 0 Å². The number of nitrogen functional groups attached to an aromatic ring is 1. The summed E-state index contributed by atoms with van der Waals surface area (Å²) < 4.78 is 0. The fourth-order valence-corrected chi connectivity index (χ4v) is 2.20. The van der Waals surface area contributed by atoms with Gasteiger partial charge in [-0.25, -0.2) is 0 Å². The number of carbonyl (C=O) groups excluding carboxylic acids is 1. The third kappa shape index (κ3) is 3.00. The molecule has 1 atom stereocenters. The molecular weight excluding hydrogens is 284 g/mol. The van der Waals surface area contributed by atoms with E-state index in [0.29, 0.717) is 19.6 Å². The van der Waals surface area contributed by atoms with Crippen LogP contribution >= 0.6 is 12.4 Å². The summed E-state index contributed by atoms with van der Waals surface area (Å²) >= 11 is 0. The van der Waals surface area contributed by atoms with Crippen molar-refractivity contribution in [2.24, 2.45) is 0 Å². The van der Waals surface area contributed by atoms with Gasteiger partial charge in [0.2, 0.25) is 0 Å². The van der Waals surface area contributed by atoms with Crippen LogP contribution in [-0.2, 0) is 0 Å². The fourth-order valence-electron chi connectivity index (χ4n) is 2.20. The Balaban J connectivity index is 0.00000200. The number of hydrogen-bond acceptors (Lipinski definition) is 5. The highest BCUT2D eigenvalue weighted by Crippen LogP contribution is 2.26. The Morgan fingerprint density at radius 1 is 1.55 bits per heavy atom. The first-order valence-electron chi connectivity index (χ1n) is 6.07. The third-order valence-corrected chi connectivity index (χ3v) is 3.27. The van der Waals surface area contributed by atoms with Crippen LogP contribution in [0.4, 0.5) is 11.4 Å². The maximum Gasteiger partial charge on any atom is 0.292 e. The van der Waals surface area contributed by atoms with E-state index >= 15 is 0 Å². The highest BCUT2D eigenvalue weighted by atomic mass is 35.5. The lowest BCUT2D eigenvalue weighted by molar-refractivity contribution is -0.383. The molecule has 3 N–H and O–H groups in total. The average Bonchev–Trinajstić information content (AvgIpc) is 2.38. The first-order valence-corrected chi connectivity index (χ1v) is 6.07. The summed E-state index contributed by atoms with van der Waals surface area (Å²) in [6.07, 6.45) is 0. The van der Waals surface area contributed by atoms with E-state index in [4.69, 9.17) is 5.73 Å². The maximum atomic E-state index is 12.4. The van der Waals surface area contributed by atoms with Crippen molar-refractivity contribution >= 4 is 29.7 Å². The van der Waals surface area contributed by atoms with Gasteiger partial charge >= 0.3 is 0 Å². The number of nitro groups is 1. The van der Waals surface area contributed by atoms with Crippen molar-refractivity contribution in [2.75, 3.05) is 25.4 Å². The Kier molecular flexibility index (Phi) is 5.29. The molecule has 1 aliphatic rings. The van der Waals surface area contributed by atoms with Crippen LogP contribution in [0.3, 0.4) is 0 Å². The van der Waals surface area contributed by atoms with Crippen molar-refractivity contribution in [2.45, 2.75) is 13.0 Å². The van der Waals surface area contributed by atoms with Crippen molar-refractivity contribution in [1.82, 2.24) is 10.2 Å². The molecule has 1 fully saturated rings. The Bertz CT molecular complexity index is 523. The zero-order valence-corrected chi connectivity index (χ0v) is 11.9. The van der Waals surface area contributed by atoms with Crippen LogP contribution in [0.5, 0.6) is 0 Å². The average molecular weight is 301 g/mol. The molecule has 0 bridgehead atoms. The second-order valence-electron chi connectivity index (χ2n) is 4.55. The molecule has 1 amide bonds. The predicted octanol–water partition coefficient (Wildman–Crippen LogP) is 1.03. The number of nitro benzene ring substituents is 1. The minimum Gasteiger partial charge on any atom is -0.393 e. The van der Waals surface area contributed by atoms with Gasteiger partial charge in [-0.05, 0) is 13.0 Å². The highest BCUT2D eigenvalue weighted by molar-refractivity contribution is 6.01. The summed E-state index contributed by atoms with van der Waals surface area (Å²) in [5.74, 6) is -0.254. The van der Waals surface area contributed by atoms with E-state index in [2.05, 4.69) is 5.32 Å². The number of carbonyl (C=O) groups is 1. The number of anilines is 1. The summed E-state index contributed by atoms with van der Waals surface area (Å²) in [6.45, 7) is 3.92. The molecule has 1 unspecified atom stereocenters. The quantitative estimate of drug-likeness (QED) is 0.482. The molecule has 20 heavy (non-hydrogen) atoms. The van der Waals surface area contributed by atoms with Crippen LogP contribution in [0, 0.1) is 10.1 Å². The van der Waals surface area contributed by atoms with E-state index in [1.54, 1.807) is 4.90 Å². The molecule has 1 heterocycles. The fraction of sp³-hybridized carbons (Fsp3) is 0.417. The van der Waals surface area contributed by atoms with Crippen LogP contribution in [0.1, 0.15) is 17.3 Å². The summed E-state index contributed by atoms with van der Waals surface area (Å²) in [6, 6.07) is 4.35. The smallest absolute Gasteiger partial charge is 0.292 e. The van der Waals surface area contributed by atoms with E-state index in [9.17, 15) is 14.9 Å². The maximum absolute atomic E-state index is 12.4. The van der Waals surface area contributed by atoms with Crippen LogP contribution < -0.4 is 11.1 Å².